The standard InChI is InChI=1S/C14H24N2OS/c1-3-6-15-13(10-12-5-4-8-17-12)14-11-18-9-7-16(14)2/h4-5,8,13-15H,3,6-7,9-11H2,1-2H3. The molecule has 4 heteroatoms. The number of likely N-dealkylation sites (N-methyl/N-ethyl adjacent to an activating group) is 1. The van der Waals surface area contributed by atoms with Crippen LogP contribution in [0.25, 0.3) is 0 Å². The summed E-state index contributed by atoms with van der Waals surface area (Å²) < 4.78 is 5.50. The van der Waals surface area contributed by atoms with Crippen molar-refractivity contribution < 1.29 is 4.42 Å². The third-order valence-electron chi connectivity index (χ3n) is 3.57. The first-order chi connectivity index (χ1) is 8.81. The second-order valence-electron chi connectivity index (χ2n) is 4.97. The first-order valence-electron chi connectivity index (χ1n) is 6.85. The molecule has 1 saturated heterocycles. The molecule has 0 radical (unpaired) electrons. The van der Waals surface area contributed by atoms with Crippen molar-refractivity contribution in [2.75, 3.05) is 31.6 Å². The Labute approximate surface area is 114 Å². The zero-order valence-electron chi connectivity index (χ0n) is 11.4. The van der Waals surface area contributed by atoms with E-state index in [1.54, 1.807) is 6.26 Å². The average molecular weight is 268 g/mol. The number of nitrogens with one attached hydrogen (secondary N) is 1. The van der Waals surface area contributed by atoms with Gasteiger partial charge in [0.25, 0.3) is 0 Å². The van der Waals surface area contributed by atoms with E-state index in [1.807, 2.05) is 6.07 Å². The molecule has 2 unspecified atom stereocenters. The Bertz CT molecular complexity index is 329. The summed E-state index contributed by atoms with van der Waals surface area (Å²) in [6, 6.07) is 5.16. The predicted molar refractivity (Wildman–Crippen MR) is 78.2 cm³/mol. The third kappa shape index (κ3) is 3.77. The van der Waals surface area contributed by atoms with Crippen LogP contribution in [0.1, 0.15) is 19.1 Å². The summed E-state index contributed by atoms with van der Waals surface area (Å²) in [5.41, 5.74) is 0. The Hall–Kier alpha value is -0.450. The fraction of sp³-hybridized carbons (Fsp3) is 0.714. The van der Waals surface area contributed by atoms with Crippen LogP contribution in [0.5, 0.6) is 0 Å². The van der Waals surface area contributed by atoms with Gasteiger partial charge in [0.1, 0.15) is 5.76 Å². The number of hydrogen-bond donors (Lipinski definition) is 1. The SMILES string of the molecule is CCCNC(Cc1ccco1)C1CSCCN1C. The molecule has 1 aliphatic rings. The first kappa shape index (κ1) is 14.0. The lowest BCUT2D eigenvalue weighted by molar-refractivity contribution is 0.209. The molecule has 0 spiro atoms. The maximum Gasteiger partial charge on any atom is 0.105 e. The van der Waals surface area contributed by atoms with Crippen LogP contribution in [0.4, 0.5) is 0 Å². The number of furan rings is 1. The summed E-state index contributed by atoms with van der Waals surface area (Å²) in [6.45, 7) is 4.49. The van der Waals surface area contributed by atoms with Crippen LogP contribution in [0.15, 0.2) is 22.8 Å². The number of hydrogen-bond acceptors (Lipinski definition) is 4. The van der Waals surface area contributed by atoms with Gasteiger partial charge < -0.3 is 14.6 Å². The van der Waals surface area contributed by atoms with Gasteiger partial charge >= 0.3 is 0 Å². The zero-order chi connectivity index (χ0) is 12.8. The fourth-order valence-electron chi connectivity index (χ4n) is 2.45. The number of nitrogens with zero attached hydrogens (tertiary/aromatic N) is 1. The highest BCUT2D eigenvalue weighted by atomic mass is 32.2. The van der Waals surface area contributed by atoms with Gasteiger partial charge in [0.05, 0.1) is 6.26 Å². The maximum atomic E-state index is 5.50. The highest BCUT2D eigenvalue weighted by Gasteiger charge is 2.28. The average Bonchev–Trinajstić information content (AvgIpc) is 2.88. The normalized spacial score (nSPS) is 23.1. The smallest absolute Gasteiger partial charge is 0.105 e. The van der Waals surface area contributed by atoms with Gasteiger partial charge in [-0.1, -0.05) is 6.92 Å². The van der Waals surface area contributed by atoms with E-state index in [0.717, 1.165) is 18.7 Å². The lowest BCUT2D eigenvalue weighted by atomic mass is 10.0. The van der Waals surface area contributed by atoms with E-state index in [2.05, 4.69) is 42.0 Å². The van der Waals surface area contributed by atoms with Crippen LogP contribution in [0.3, 0.4) is 0 Å². The van der Waals surface area contributed by atoms with Crippen LogP contribution in [-0.2, 0) is 6.42 Å². The molecule has 2 heterocycles. The molecule has 2 atom stereocenters. The minimum Gasteiger partial charge on any atom is -0.469 e. The van der Waals surface area contributed by atoms with Gasteiger partial charge in [-0.05, 0) is 32.1 Å². The molecule has 18 heavy (non-hydrogen) atoms. The molecule has 0 aliphatic carbocycles. The minimum atomic E-state index is 0.494. The van der Waals surface area contributed by atoms with Crippen molar-refractivity contribution >= 4 is 11.8 Å². The van der Waals surface area contributed by atoms with E-state index in [4.69, 9.17) is 4.42 Å². The molecule has 1 aromatic heterocycles. The van der Waals surface area contributed by atoms with E-state index in [9.17, 15) is 0 Å². The first-order valence-corrected chi connectivity index (χ1v) is 8.00. The molecule has 1 fully saturated rings. The zero-order valence-corrected chi connectivity index (χ0v) is 12.2. The minimum absolute atomic E-state index is 0.494. The van der Waals surface area contributed by atoms with Crippen LogP contribution in [-0.4, -0.2) is 48.6 Å². The second-order valence-corrected chi connectivity index (χ2v) is 6.12. The molecular formula is C14H24N2OS. The number of thioether (sulfide) groups is 1. The largest absolute Gasteiger partial charge is 0.469 e. The molecule has 0 bridgehead atoms. The van der Waals surface area contributed by atoms with E-state index < -0.39 is 0 Å². The molecule has 3 nitrogen and oxygen atoms in total. The van der Waals surface area contributed by atoms with Gasteiger partial charge in [-0.25, -0.2) is 0 Å². The van der Waals surface area contributed by atoms with Gasteiger partial charge in [0.2, 0.25) is 0 Å². The van der Waals surface area contributed by atoms with Crippen molar-refractivity contribution in [3.63, 3.8) is 0 Å². The summed E-state index contributed by atoms with van der Waals surface area (Å²) in [5, 5.41) is 3.69. The summed E-state index contributed by atoms with van der Waals surface area (Å²) in [5.74, 6) is 3.57. The van der Waals surface area contributed by atoms with Crippen molar-refractivity contribution in [2.24, 2.45) is 0 Å². The molecule has 0 saturated carbocycles. The Balaban J connectivity index is 1.98. The highest BCUT2D eigenvalue weighted by molar-refractivity contribution is 7.99. The van der Waals surface area contributed by atoms with Gasteiger partial charge in [-0.2, -0.15) is 11.8 Å². The van der Waals surface area contributed by atoms with E-state index in [1.165, 1.54) is 24.5 Å². The molecule has 1 aliphatic heterocycles. The second kappa shape index (κ2) is 7.22. The Morgan fingerprint density at radius 1 is 1.61 bits per heavy atom. The van der Waals surface area contributed by atoms with Crippen LogP contribution in [0.2, 0.25) is 0 Å². The Morgan fingerprint density at radius 3 is 3.17 bits per heavy atom. The fourth-order valence-corrected chi connectivity index (χ4v) is 3.76. The van der Waals surface area contributed by atoms with Gasteiger partial charge in [0, 0.05) is 36.6 Å². The van der Waals surface area contributed by atoms with Crippen LogP contribution >= 0.6 is 11.8 Å². The lowest BCUT2D eigenvalue weighted by Crippen LogP contribution is -2.53. The lowest BCUT2D eigenvalue weighted by Gasteiger charge is -2.38. The van der Waals surface area contributed by atoms with Crippen molar-refractivity contribution in [1.29, 1.82) is 0 Å². The van der Waals surface area contributed by atoms with Crippen LogP contribution in [0, 0.1) is 0 Å². The third-order valence-corrected chi connectivity index (χ3v) is 4.61. The van der Waals surface area contributed by atoms with Crippen molar-refractivity contribution in [2.45, 2.75) is 31.8 Å². The predicted octanol–water partition coefficient (Wildman–Crippen LogP) is 2.24. The highest BCUT2D eigenvalue weighted by Crippen LogP contribution is 2.20. The van der Waals surface area contributed by atoms with Gasteiger partial charge in [-0.3, -0.25) is 0 Å². The van der Waals surface area contributed by atoms with E-state index in [0.29, 0.717) is 12.1 Å². The van der Waals surface area contributed by atoms with Crippen molar-refractivity contribution in [3.8, 4) is 0 Å². The molecule has 0 amide bonds. The summed E-state index contributed by atoms with van der Waals surface area (Å²) >= 11 is 2.07. The summed E-state index contributed by atoms with van der Waals surface area (Å²) in [6.07, 6.45) is 3.94. The monoisotopic (exact) mass is 268 g/mol. The number of rotatable bonds is 6. The van der Waals surface area contributed by atoms with E-state index in [-0.39, 0.29) is 0 Å². The maximum absolute atomic E-state index is 5.50. The molecule has 1 N–H and O–H groups in total. The molecule has 102 valence electrons. The van der Waals surface area contributed by atoms with Gasteiger partial charge in [-0.15, -0.1) is 0 Å². The Kier molecular flexibility index (Phi) is 5.60. The molecule has 0 aromatic carbocycles. The summed E-state index contributed by atoms with van der Waals surface area (Å²) in [4.78, 5) is 2.49. The molecular weight excluding hydrogens is 244 g/mol. The summed E-state index contributed by atoms with van der Waals surface area (Å²) in [7, 11) is 2.24. The van der Waals surface area contributed by atoms with Crippen molar-refractivity contribution in [1.82, 2.24) is 10.2 Å². The quantitative estimate of drug-likeness (QED) is 0.856. The van der Waals surface area contributed by atoms with Crippen LogP contribution < -0.4 is 5.32 Å². The van der Waals surface area contributed by atoms with E-state index >= 15 is 0 Å². The van der Waals surface area contributed by atoms with Crippen molar-refractivity contribution in [3.05, 3.63) is 24.2 Å². The molecule has 2 rings (SSSR count). The Morgan fingerprint density at radius 2 is 2.50 bits per heavy atom. The molecule has 1 aromatic rings. The topological polar surface area (TPSA) is 28.4 Å². The van der Waals surface area contributed by atoms with Gasteiger partial charge in [0.15, 0.2) is 0 Å².